The van der Waals surface area contributed by atoms with Crippen LogP contribution in [0.2, 0.25) is 0 Å². The maximum absolute atomic E-state index is 12.6. The van der Waals surface area contributed by atoms with Gasteiger partial charge in [-0.05, 0) is 38.0 Å². The van der Waals surface area contributed by atoms with Gasteiger partial charge in [-0.15, -0.1) is 0 Å². The minimum absolute atomic E-state index is 0.144. The second-order valence-electron chi connectivity index (χ2n) is 6.79. The fraction of sp³-hybridized carbons (Fsp3) is 0.882. The minimum atomic E-state index is 0.144. The van der Waals surface area contributed by atoms with Gasteiger partial charge < -0.3 is 9.80 Å². The van der Waals surface area contributed by atoms with Crippen LogP contribution < -0.4 is 0 Å². The first-order valence-corrected chi connectivity index (χ1v) is 8.68. The lowest BCUT2D eigenvalue weighted by Gasteiger charge is -2.37. The van der Waals surface area contributed by atoms with Gasteiger partial charge in [0.1, 0.15) is 0 Å². The molecule has 2 heterocycles. The molecular weight excluding hydrogens is 264 g/mol. The van der Waals surface area contributed by atoms with E-state index in [1.165, 1.54) is 6.42 Å². The van der Waals surface area contributed by atoms with Crippen molar-refractivity contribution in [3.63, 3.8) is 0 Å². The van der Waals surface area contributed by atoms with Gasteiger partial charge in [0.15, 0.2) is 0 Å². The number of nitrogens with zero attached hydrogens (tertiary/aromatic N) is 2. The number of piperidine rings is 2. The van der Waals surface area contributed by atoms with Crippen molar-refractivity contribution >= 4 is 11.8 Å². The number of amides is 2. The van der Waals surface area contributed by atoms with Crippen molar-refractivity contribution in [2.45, 2.75) is 58.8 Å². The van der Waals surface area contributed by atoms with E-state index in [1.54, 1.807) is 0 Å². The molecule has 1 unspecified atom stereocenters. The summed E-state index contributed by atoms with van der Waals surface area (Å²) in [6.45, 7) is 7.73. The molecule has 4 heteroatoms. The molecule has 0 bridgehead atoms. The molecule has 0 spiro atoms. The van der Waals surface area contributed by atoms with Crippen molar-refractivity contribution in [1.82, 2.24) is 9.80 Å². The van der Waals surface area contributed by atoms with Gasteiger partial charge in [0.25, 0.3) is 0 Å². The molecule has 0 N–H and O–H groups in total. The fourth-order valence-corrected chi connectivity index (χ4v) is 3.51. The average molecular weight is 294 g/mol. The first-order valence-electron chi connectivity index (χ1n) is 8.68. The normalized spacial score (nSPS) is 24.2. The van der Waals surface area contributed by atoms with Crippen molar-refractivity contribution in [1.29, 1.82) is 0 Å². The predicted octanol–water partition coefficient (Wildman–Crippen LogP) is 2.67. The lowest BCUT2D eigenvalue weighted by molar-refractivity contribution is -0.142. The zero-order valence-corrected chi connectivity index (χ0v) is 13.6. The first-order chi connectivity index (χ1) is 10.1. The van der Waals surface area contributed by atoms with Crippen molar-refractivity contribution < 1.29 is 9.59 Å². The quantitative estimate of drug-likeness (QED) is 0.800. The summed E-state index contributed by atoms with van der Waals surface area (Å²) in [5, 5.41) is 0. The maximum Gasteiger partial charge on any atom is 0.225 e. The van der Waals surface area contributed by atoms with Gasteiger partial charge in [-0.2, -0.15) is 0 Å². The van der Waals surface area contributed by atoms with E-state index in [4.69, 9.17) is 0 Å². The maximum atomic E-state index is 12.6. The molecule has 0 saturated carbocycles. The zero-order chi connectivity index (χ0) is 15.2. The molecular formula is C17H30N2O2. The molecule has 2 rings (SSSR count). The minimum Gasteiger partial charge on any atom is -0.343 e. The van der Waals surface area contributed by atoms with Gasteiger partial charge in [-0.1, -0.05) is 20.3 Å². The second-order valence-corrected chi connectivity index (χ2v) is 6.79. The number of hydrogen-bond donors (Lipinski definition) is 0. The van der Waals surface area contributed by atoms with Gasteiger partial charge >= 0.3 is 0 Å². The lowest BCUT2D eigenvalue weighted by atomic mass is 9.92. The largest absolute Gasteiger partial charge is 0.343 e. The standard InChI is InChI=1S/C17H30N2O2/c1-3-4-7-16(20)18-11-8-15(9-12-18)17(21)19-10-5-6-14(2)13-19/h14-15H,3-13H2,1-2H3. The monoisotopic (exact) mass is 294 g/mol. The smallest absolute Gasteiger partial charge is 0.225 e. The number of carbonyl (C=O) groups is 2. The third-order valence-corrected chi connectivity index (χ3v) is 4.91. The van der Waals surface area contributed by atoms with Crippen molar-refractivity contribution in [2.75, 3.05) is 26.2 Å². The van der Waals surface area contributed by atoms with E-state index in [0.717, 1.165) is 58.3 Å². The fourth-order valence-electron chi connectivity index (χ4n) is 3.51. The second kappa shape index (κ2) is 7.81. The van der Waals surface area contributed by atoms with E-state index < -0.39 is 0 Å². The Morgan fingerprint density at radius 2 is 1.76 bits per heavy atom. The molecule has 2 aliphatic heterocycles. The summed E-state index contributed by atoms with van der Waals surface area (Å²) in [6, 6.07) is 0. The van der Waals surface area contributed by atoms with E-state index >= 15 is 0 Å². The highest BCUT2D eigenvalue weighted by molar-refractivity contribution is 5.80. The summed E-state index contributed by atoms with van der Waals surface area (Å²) in [6.07, 6.45) is 6.79. The van der Waals surface area contributed by atoms with Crippen LogP contribution in [0.3, 0.4) is 0 Å². The van der Waals surface area contributed by atoms with Crippen LogP contribution in [-0.4, -0.2) is 47.8 Å². The van der Waals surface area contributed by atoms with E-state index in [0.29, 0.717) is 18.2 Å². The van der Waals surface area contributed by atoms with Crippen LogP contribution in [0.1, 0.15) is 58.8 Å². The highest BCUT2D eigenvalue weighted by Crippen LogP contribution is 2.24. The van der Waals surface area contributed by atoms with Gasteiger partial charge in [0.05, 0.1) is 0 Å². The Balaban J connectivity index is 1.77. The average Bonchev–Trinajstić information content (AvgIpc) is 2.52. The molecule has 0 aromatic carbocycles. The molecule has 4 nitrogen and oxygen atoms in total. The summed E-state index contributed by atoms with van der Waals surface area (Å²) in [5.74, 6) is 1.39. The van der Waals surface area contributed by atoms with Crippen LogP contribution in [0.25, 0.3) is 0 Å². The molecule has 0 aromatic heterocycles. The molecule has 1 atom stereocenters. The molecule has 2 fully saturated rings. The van der Waals surface area contributed by atoms with Crippen LogP contribution >= 0.6 is 0 Å². The molecule has 2 amide bonds. The van der Waals surface area contributed by atoms with Crippen LogP contribution in [0.5, 0.6) is 0 Å². The van der Waals surface area contributed by atoms with E-state index in [9.17, 15) is 9.59 Å². The number of likely N-dealkylation sites (tertiary alicyclic amines) is 2. The number of hydrogen-bond acceptors (Lipinski definition) is 2. The Bertz CT molecular complexity index is 362. The molecule has 2 saturated heterocycles. The number of rotatable bonds is 4. The number of unbranched alkanes of at least 4 members (excludes halogenated alkanes) is 1. The Morgan fingerprint density at radius 1 is 1.05 bits per heavy atom. The third-order valence-electron chi connectivity index (χ3n) is 4.91. The molecule has 120 valence electrons. The van der Waals surface area contributed by atoms with E-state index in [-0.39, 0.29) is 11.8 Å². The third kappa shape index (κ3) is 4.45. The molecule has 0 aliphatic carbocycles. The summed E-state index contributed by atoms with van der Waals surface area (Å²) in [4.78, 5) is 28.6. The SMILES string of the molecule is CCCCC(=O)N1CCC(C(=O)N2CCCC(C)C2)CC1. The predicted molar refractivity (Wildman–Crippen MR) is 83.8 cm³/mol. The summed E-state index contributed by atoms with van der Waals surface area (Å²) < 4.78 is 0. The lowest BCUT2D eigenvalue weighted by Crippen LogP contribution is -2.46. The Kier molecular flexibility index (Phi) is 6.07. The van der Waals surface area contributed by atoms with Gasteiger partial charge in [0, 0.05) is 38.5 Å². The Morgan fingerprint density at radius 3 is 2.38 bits per heavy atom. The zero-order valence-electron chi connectivity index (χ0n) is 13.6. The highest BCUT2D eigenvalue weighted by Gasteiger charge is 2.31. The summed E-state index contributed by atoms with van der Waals surface area (Å²) in [7, 11) is 0. The topological polar surface area (TPSA) is 40.6 Å². The molecule has 21 heavy (non-hydrogen) atoms. The molecule has 0 aromatic rings. The van der Waals surface area contributed by atoms with Crippen LogP contribution in [0.15, 0.2) is 0 Å². The van der Waals surface area contributed by atoms with E-state index in [2.05, 4.69) is 18.7 Å². The summed E-state index contributed by atoms with van der Waals surface area (Å²) >= 11 is 0. The van der Waals surface area contributed by atoms with E-state index in [1.807, 2.05) is 4.90 Å². The van der Waals surface area contributed by atoms with Gasteiger partial charge in [0.2, 0.25) is 11.8 Å². The van der Waals surface area contributed by atoms with Crippen molar-refractivity contribution in [3.8, 4) is 0 Å². The van der Waals surface area contributed by atoms with Gasteiger partial charge in [-0.3, -0.25) is 9.59 Å². The Hall–Kier alpha value is -1.06. The van der Waals surface area contributed by atoms with Crippen LogP contribution in [0, 0.1) is 11.8 Å². The van der Waals surface area contributed by atoms with Crippen LogP contribution in [0.4, 0.5) is 0 Å². The van der Waals surface area contributed by atoms with Gasteiger partial charge in [-0.25, -0.2) is 0 Å². The van der Waals surface area contributed by atoms with Crippen molar-refractivity contribution in [2.24, 2.45) is 11.8 Å². The van der Waals surface area contributed by atoms with Crippen molar-refractivity contribution in [3.05, 3.63) is 0 Å². The number of carbonyl (C=O) groups excluding carboxylic acids is 2. The Labute approximate surface area is 128 Å². The van der Waals surface area contributed by atoms with Crippen LogP contribution in [-0.2, 0) is 9.59 Å². The molecule has 0 radical (unpaired) electrons. The molecule has 2 aliphatic rings. The first kappa shape index (κ1) is 16.3. The highest BCUT2D eigenvalue weighted by atomic mass is 16.2. The summed E-state index contributed by atoms with van der Waals surface area (Å²) in [5.41, 5.74) is 0.